The Morgan fingerprint density at radius 2 is 2.13 bits per heavy atom. The number of carbonyl (C=O) groups is 1. The van der Waals surface area contributed by atoms with Crippen LogP contribution in [0.3, 0.4) is 0 Å². The summed E-state index contributed by atoms with van der Waals surface area (Å²) in [7, 11) is 0. The zero-order valence-electron chi connectivity index (χ0n) is 9.59. The first kappa shape index (κ1) is 10.9. The fourth-order valence-electron chi connectivity index (χ4n) is 2.72. The minimum atomic E-state index is 0.0784. The molecule has 1 saturated heterocycles. The monoisotopic (exact) mass is 210 g/mol. The summed E-state index contributed by atoms with van der Waals surface area (Å²) in [5.74, 6) is 1.02. The van der Waals surface area contributed by atoms with Crippen molar-refractivity contribution in [1.82, 2.24) is 10.6 Å². The van der Waals surface area contributed by atoms with E-state index in [9.17, 15) is 4.79 Å². The van der Waals surface area contributed by atoms with Gasteiger partial charge in [0.2, 0.25) is 5.91 Å². The Morgan fingerprint density at radius 3 is 2.73 bits per heavy atom. The fourth-order valence-corrected chi connectivity index (χ4v) is 2.72. The first-order chi connectivity index (χ1) is 7.25. The van der Waals surface area contributed by atoms with Gasteiger partial charge in [-0.25, -0.2) is 0 Å². The van der Waals surface area contributed by atoms with E-state index in [1.54, 1.807) is 0 Å². The quantitative estimate of drug-likeness (QED) is 0.724. The van der Waals surface area contributed by atoms with Crippen LogP contribution in [0.15, 0.2) is 0 Å². The van der Waals surface area contributed by atoms with Gasteiger partial charge in [-0.2, -0.15) is 0 Å². The van der Waals surface area contributed by atoms with Crippen molar-refractivity contribution in [3.05, 3.63) is 0 Å². The summed E-state index contributed by atoms with van der Waals surface area (Å²) in [5.41, 5.74) is 0. The zero-order valence-corrected chi connectivity index (χ0v) is 9.59. The molecule has 1 saturated carbocycles. The lowest BCUT2D eigenvalue weighted by Gasteiger charge is -2.24. The van der Waals surface area contributed by atoms with Crippen LogP contribution in [0.5, 0.6) is 0 Å². The van der Waals surface area contributed by atoms with Crippen LogP contribution in [-0.4, -0.2) is 24.5 Å². The molecule has 1 aliphatic heterocycles. The number of nitrogens with one attached hydrogen (secondary N) is 2. The van der Waals surface area contributed by atoms with Crippen molar-refractivity contribution >= 4 is 5.91 Å². The van der Waals surface area contributed by atoms with E-state index < -0.39 is 0 Å². The molecule has 1 amide bonds. The smallest absolute Gasteiger partial charge is 0.237 e. The van der Waals surface area contributed by atoms with E-state index in [0.29, 0.717) is 6.04 Å². The molecule has 3 unspecified atom stereocenters. The van der Waals surface area contributed by atoms with Crippen molar-refractivity contribution in [3.63, 3.8) is 0 Å². The van der Waals surface area contributed by atoms with Crippen LogP contribution in [0, 0.1) is 5.92 Å². The highest BCUT2D eigenvalue weighted by Crippen LogP contribution is 2.24. The third-order valence-electron chi connectivity index (χ3n) is 3.67. The molecule has 2 aliphatic rings. The Balaban J connectivity index is 1.76. The van der Waals surface area contributed by atoms with Gasteiger partial charge in [-0.05, 0) is 44.6 Å². The minimum Gasteiger partial charge on any atom is -0.352 e. The minimum absolute atomic E-state index is 0.0784. The second-order valence-electron chi connectivity index (χ2n) is 5.13. The first-order valence-corrected chi connectivity index (χ1v) is 6.29. The lowest BCUT2D eigenvalue weighted by molar-refractivity contribution is -0.124. The van der Waals surface area contributed by atoms with Crippen LogP contribution in [-0.2, 0) is 4.79 Å². The van der Waals surface area contributed by atoms with Crippen molar-refractivity contribution in [2.24, 2.45) is 5.92 Å². The Hall–Kier alpha value is -0.570. The number of amides is 1. The molecule has 0 spiro atoms. The molecule has 0 aromatic rings. The van der Waals surface area contributed by atoms with Gasteiger partial charge in [-0.3, -0.25) is 4.79 Å². The van der Waals surface area contributed by atoms with Gasteiger partial charge < -0.3 is 10.6 Å². The first-order valence-electron chi connectivity index (χ1n) is 6.29. The summed E-state index contributed by atoms with van der Waals surface area (Å²) in [4.78, 5) is 11.9. The van der Waals surface area contributed by atoms with Crippen molar-refractivity contribution in [2.45, 2.75) is 57.5 Å². The predicted molar refractivity (Wildman–Crippen MR) is 60.6 cm³/mol. The summed E-state index contributed by atoms with van der Waals surface area (Å²) in [6.45, 7) is 3.27. The van der Waals surface area contributed by atoms with Crippen LogP contribution in [0.1, 0.15) is 45.4 Å². The second kappa shape index (κ2) is 4.97. The van der Waals surface area contributed by atoms with Crippen LogP contribution in [0.4, 0.5) is 0 Å². The Labute approximate surface area is 92.0 Å². The number of piperidine rings is 1. The zero-order chi connectivity index (χ0) is 10.7. The van der Waals surface area contributed by atoms with E-state index >= 15 is 0 Å². The number of carbonyl (C=O) groups excluding carboxylic acids is 1. The molecule has 2 rings (SSSR count). The van der Waals surface area contributed by atoms with Gasteiger partial charge in [-0.1, -0.05) is 13.3 Å². The van der Waals surface area contributed by atoms with E-state index in [0.717, 1.165) is 18.9 Å². The largest absolute Gasteiger partial charge is 0.352 e. The van der Waals surface area contributed by atoms with Gasteiger partial charge in [0.05, 0.1) is 6.04 Å². The third-order valence-corrected chi connectivity index (χ3v) is 3.67. The number of rotatable bonds is 2. The normalized spacial score (nSPS) is 36.5. The average Bonchev–Trinajstić information content (AvgIpc) is 2.65. The van der Waals surface area contributed by atoms with E-state index in [1.165, 1.54) is 32.1 Å². The average molecular weight is 210 g/mol. The lowest BCUT2D eigenvalue weighted by atomic mass is 10.0. The fraction of sp³-hybridized carbons (Fsp3) is 0.917. The van der Waals surface area contributed by atoms with Crippen LogP contribution in [0.25, 0.3) is 0 Å². The van der Waals surface area contributed by atoms with E-state index in [4.69, 9.17) is 0 Å². The van der Waals surface area contributed by atoms with Crippen molar-refractivity contribution in [3.8, 4) is 0 Å². The number of hydrogen-bond donors (Lipinski definition) is 2. The topological polar surface area (TPSA) is 41.1 Å². The summed E-state index contributed by atoms with van der Waals surface area (Å²) >= 11 is 0. The highest BCUT2D eigenvalue weighted by molar-refractivity contribution is 5.82. The molecule has 86 valence electrons. The van der Waals surface area contributed by atoms with Gasteiger partial charge in [-0.15, -0.1) is 0 Å². The molecule has 0 aromatic heterocycles. The molecular weight excluding hydrogens is 188 g/mol. The summed E-state index contributed by atoms with van der Waals surface area (Å²) in [5, 5.41) is 6.47. The molecular formula is C12H22N2O. The third kappa shape index (κ3) is 2.94. The van der Waals surface area contributed by atoms with Crippen LogP contribution in [0.2, 0.25) is 0 Å². The van der Waals surface area contributed by atoms with Gasteiger partial charge in [0.1, 0.15) is 0 Å². The standard InChI is InChI=1S/C12H22N2O/c1-9-5-6-10(8-9)14-12(15)11-4-2-3-7-13-11/h9-11,13H,2-8H2,1H3,(H,14,15). The van der Waals surface area contributed by atoms with E-state index in [-0.39, 0.29) is 11.9 Å². The summed E-state index contributed by atoms with van der Waals surface area (Å²) in [6.07, 6.45) is 7.01. The van der Waals surface area contributed by atoms with Crippen molar-refractivity contribution in [1.29, 1.82) is 0 Å². The van der Waals surface area contributed by atoms with Gasteiger partial charge in [0.25, 0.3) is 0 Å². The molecule has 3 atom stereocenters. The summed E-state index contributed by atoms with van der Waals surface area (Å²) in [6, 6.07) is 0.519. The molecule has 3 heteroatoms. The highest BCUT2D eigenvalue weighted by atomic mass is 16.2. The van der Waals surface area contributed by atoms with Gasteiger partial charge >= 0.3 is 0 Å². The maximum absolute atomic E-state index is 11.9. The molecule has 0 bridgehead atoms. The molecule has 1 aliphatic carbocycles. The van der Waals surface area contributed by atoms with Crippen LogP contribution >= 0.6 is 0 Å². The van der Waals surface area contributed by atoms with Gasteiger partial charge in [0.15, 0.2) is 0 Å². The highest BCUT2D eigenvalue weighted by Gasteiger charge is 2.26. The molecule has 2 N–H and O–H groups in total. The van der Waals surface area contributed by atoms with Crippen molar-refractivity contribution in [2.75, 3.05) is 6.54 Å². The maximum atomic E-state index is 11.9. The SMILES string of the molecule is CC1CCC(NC(=O)C2CCCCN2)C1. The summed E-state index contributed by atoms with van der Waals surface area (Å²) < 4.78 is 0. The molecule has 15 heavy (non-hydrogen) atoms. The second-order valence-corrected chi connectivity index (χ2v) is 5.13. The predicted octanol–water partition coefficient (Wildman–Crippen LogP) is 1.43. The molecule has 1 heterocycles. The Morgan fingerprint density at radius 1 is 1.27 bits per heavy atom. The number of hydrogen-bond acceptors (Lipinski definition) is 2. The molecule has 0 aromatic carbocycles. The lowest BCUT2D eigenvalue weighted by Crippen LogP contribution is -2.49. The Bertz CT molecular complexity index is 224. The maximum Gasteiger partial charge on any atom is 0.237 e. The van der Waals surface area contributed by atoms with Gasteiger partial charge in [0, 0.05) is 6.04 Å². The van der Waals surface area contributed by atoms with Crippen molar-refractivity contribution < 1.29 is 4.79 Å². The molecule has 2 fully saturated rings. The van der Waals surface area contributed by atoms with E-state index in [1.807, 2.05) is 0 Å². The van der Waals surface area contributed by atoms with E-state index in [2.05, 4.69) is 17.6 Å². The molecule has 3 nitrogen and oxygen atoms in total. The van der Waals surface area contributed by atoms with Crippen LogP contribution < -0.4 is 10.6 Å². The Kier molecular flexibility index (Phi) is 3.62. The molecule has 0 radical (unpaired) electrons.